The maximum absolute atomic E-state index is 15.1. The average Bonchev–Trinajstić information content (AvgIpc) is 2.91. The van der Waals surface area contributed by atoms with Gasteiger partial charge in [-0.15, -0.1) is 0 Å². The Balaban J connectivity index is 1.93. The minimum atomic E-state index is -3.32. The quantitative estimate of drug-likeness (QED) is 0.848. The van der Waals surface area contributed by atoms with Crippen molar-refractivity contribution >= 4 is 33.2 Å². The van der Waals surface area contributed by atoms with Crippen molar-refractivity contribution in [2.24, 2.45) is 0 Å². The topological polar surface area (TPSA) is 83.9 Å². The molecule has 0 aromatic heterocycles. The van der Waals surface area contributed by atoms with Crippen molar-refractivity contribution in [3.8, 4) is 0 Å². The number of hydrogen-bond donors (Lipinski definition) is 1. The predicted molar refractivity (Wildman–Crippen MR) is 86.8 cm³/mol. The number of alkyl halides is 1. The first-order chi connectivity index (χ1) is 11.6. The van der Waals surface area contributed by atoms with Crippen LogP contribution in [0.5, 0.6) is 0 Å². The van der Waals surface area contributed by atoms with Crippen molar-refractivity contribution in [3.63, 3.8) is 0 Å². The van der Waals surface area contributed by atoms with Crippen molar-refractivity contribution in [1.29, 1.82) is 0 Å². The van der Waals surface area contributed by atoms with Crippen LogP contribution in [-0.2, 0) is 20.2 Å². The van der Waals surface area contributed by atoms with Crippen molar-refractivity contribution in [3.05, 3.63) is 28.5 Å². The van der Waals surface area contributed by atoms with Crippen LogP contribution in [0.2, 0.25) is 5.02 Å². The monoisotopic (exact) mass is 395 g/mol. The van der Waals surface area contributed by atoms with Crippen molar-refractivity contribution < 1.29 is 31.8 Å². The maximum Gasteiger partial charge on any atom is 0.414 e. The van der Waals surface area contributed by atoms with Gasteiger partial charge in [-0.25, -0.2) is 22.0 Å². The van der Waals surface area contributed by atoms with Crippen molar-refractivity contribution in [2.45, 2.75) is 24.6 Å². The lowest BCUT2D eigenvalue weighted by molar-refractivity contribution is 0.0963. The highest BCUT2D eigenvalue weighted by molar-refractivity contribution is 7.91. The Hall–Kier alpha value is -1.45. The third-order valence-electron chi connectivity index (χ3n) is 4.48. The molecular weight excluding hydrogens is 380 g/mol. The van der Waals surface area contributed by atoms with Crippen LogP contribution in [-0.4, -0.2) is 50.4 Å². The summed E-state index contributed by atoms with van der Waals surface area (Å²) < 4.78 is 57.6. The first-order valence-electron chi connectivity index (χ1n) is 7.63. The number of anilines is 1. The van der Waals surface area contributed by atoms with Crippen LogP contribution < -0.4 is 4.90 Å². The fourth-order valence-electron chi connectivity index (χ4n) is 3.08. The molecule has 10 heteroatoms. The second kappa shape index (κ2) is 6.37. The summed E-state index contributed by atoms with van der Waals surface area (Å²) in [5, 5.41) is 8.82. The van der Waals surface area contributed by atoms with Gasteiger partial charge in [0, 0.05) is 5.56 Å². The van der Waals surface area contributed by atoms with Crippen molar-refractivity contribution in [1.82, 2.24) is 0 Å². The summed E-state index contributed by atoms with van der Waals surface area (Å²) in [6.45, 7) is -0.359. The second-order valence-electron chi connectivity index (χ2n) is 6.20. The van der Waals surface area contributed by atoms with Crippen LogP contribution in [0.25, 0.3) is 0 Å². The second-order valence-corrected chi connectivity index (χ2v) is 8.91. The third kappa shape index (κ3) is 3.45. The Morgan fingerprint density at radius 3 is 2.52 bits per heavy atom. The lowest BCUT2D eigenvalue weighted by Crippen LogP contribution is -2.34. The molecule has 1 amide bonds. The SMILES string of the molecule is O=C1O[C@@H](CO)CN1c1cc(F)c(C2(F)CCS(=O)(=O)CC2)c(Cl)c1. The summed E-state index contributed by atoms with van der Waals surface area (Å²) >= 11 is 6.07. The zero-order valence-electron chi connectivity index (χ0n) is 13.0. The molecule has 2 fully saturated rings. The molecule has 138 valence electrons. The van der Waals surface area contributed by atoms with E-state index < -0.39 is 33.5 Å². The van der Waals surface area contributed by atoms with E-state index in [2.05, 4.69) is 0 Å². The van der Waals surface area contributed by atoms with Gasteiger partial charge in [0.25, 0.3) is 0 Å². The van der Waals surface area contributed by atoms with Gasteiger partial charge in [0.15, 0.2) is 9.84 Å². The fourth-order valence-corrected chi connectivity index (χ4v) is 4.93. The number of carbonyl (C=O) groups excluding carboxylic acids is 1. The fraction of sp³-hybridized carbons (Fsp3) is 0.533. The van der Waals surface area contributed by atoms with Gasteiger partial charge in [0.1, 0.15) is 17.6 Å². The molecule has 2 saturated heterocycles. The normalized spacial score (nSPS) is 25.0. The summed E-state index contributed by atoms with van der Waals surface area (Å²) in [5.41, 5.74) is -2.48. The van der Waals surface area contributed by atoms with Crippen LogP contribution >= 0.6 is 11.6 Å². The Labute approximate surface area is 148 Å². The van der Waals surface area contributed by atoms with Gasteiger partial charge in [-0.3, -0.25) is 4.90 Å². The largest absolute Gasteiger partial charge is 0.441 e. The first kappa shape index (κ1) is 18.3. The number of sulfone groups is 1. The Morgan fingerprint density at radius 2 is 2.00 bits per heavy atom. The van der Waals surface area contributed by atoms with E-state index in [0.29, 0.717) is 0 Å². The minimum Gasteiger partial charge on any atom is -0.441 e. The van der Waals surface area contributed by atoms with Gasteiger partial charge in [0.2, 0.25) is 0 Å². The number of carbonyl (C=O) groups is 1. The van der Waals surface area contributed by atoms with E-state index in [1.165, 1.54) is 6.07 Å². The molecule has 0 bridgehead atoms. The van der Waals surface area contributed by atoms with Crippen LogP contribution in [0.4, 0.5) is 19.3 Å². The molecule has 0 spiro atoms. The number of ether oxygens (including phenoxy) is 1. The van der Waals surface area contributed by atoms with Gasteiger partial charge < -0.3 is 9.84 Å². The first-order valence-corrected chi connectivity index (χ1v) is 9.83. The van der Waals surface area contributed by atoms with E-state index >= 15 is 4.39 Å². The van der Waals surface area contributed by atoms with E-state index in [1.807, 2.05) is 0 Å². The summed E-state index contributed by atoms with van der Waals surface area (Å²) in [5.74, 6) is -1.71. The molecule has 2 heterocycles. The molecule has 0 unspecified atom stereocenters. The zero-order valence-corrected chi connectivity index (χ0v) is 14.6. The lowest BCUT2D eigenvalue weighted by Gasteiger charge is -2.31. The molecule has 0 saturated carbocycles. The Kier molecular flexibility index (Phi) is 4.67. The number of aliphatic hydroxyl groups excluding tert-OH is 1. The Bertz CT molecular complexity index is 779. The molecule has 1 N–H and O–H groups in total. The zero-order chi connectivity index (χ0) is 18.4. The van der Waals surface area contributed by atoms with Gasteiger partial charge in [-0.2, -0.15) is 0 Å². The van der Waals surface area contributed by atoms with Gasteiger partial charge >= 0.3 is 6.09 Å². The molecule has 25 heavy (non-hydrogen) atoms. The number of hydrogen-bond acceptors (Lipinski definition) is 5. The van der Waals surface area contributed by atoms with Gasteiger partial charge in [-0.1, -0.05) is 11.6 Å². The molecule has 6 nitrogen and oxygen atoms in total. The molecular formula is C15H16ClF2NO5S. The molecule has 3 rings (SSSR count). The number of nitrogens with zero attached hydrogens (tertiary/aromatic N) is 1. The standard InChI is InChI=1S/C15H16ClF2NO5S/c16-11-5-9(19-7-10(8-20)24-14(19)21)6-12(17)13(11)15(18)1-3-25(22,23)4-2-15/h5-6,10,20H,1-4,7-8H2/t10-/m1/s1. The molecule has 1 aromatic carbocycles. The number of rotatable bonds is 3. The number of benzene rings is 1. The van der Waals surface area contributed by atoms with Gasteiger partial charge in [-0.05, 0) is 25.0 Å². The maximum atomic E-state index is 15.1. The van der Waals surface area contributed by atoms with E-state index in [0.717, 1.165) is 11.0 Å². The third-order valence-corrected chi connectivity index (χ3v) is 6.43. The van der Waals surface area contributed by atoms with Gasteiger partial charge in [0.05, 0.1) is 35.4 Å². The van der Waals surface area contributed by atoms with Crippen LogP contribution in [0, 0.1) is 5.82 Å². The molecule has 1 aromatic rings. The number of amides is 1. The number of aliphatic hydroxyl groups is 1. The molecule has 0 aliphatic carbocycles. The summed E-state index contributed by atoms with van der Waals surface area (Å²) in [4.78, 5) is 12.9. The van der Waals surface area contributed by atoms with E-state index in [1.54, 1.807) is 0 Å². The Morgan fingerprint density at radius 1 is 1.36 bits per heavy atom. The van der Waals surface area contributed by atoms with Crippen LogP contribution in [0.3, 0.4) is 0 Å². The summed E-state index contributed by atoms with van der Waals surface area (Å²) in [7, 11) is -3.32. The lowest BCUT2D eigenvalue weighted by atomic mass is 9.89. The summed E-state index contributed by atoms with van der Waals surface area (Å²) in [6.07, 6.45) is -2.24. The molecule has 1 atom stereocenters. The van der Waals surface area contributed by atoms with E-state index in [4.69, 9.17) is 21.4 Å². The highest BCUT2D eigenvalue weighted by atomic mass is 35.5. The average molecular weight is 396 g/mol. The highest BCUT2D eigenvalue weighted by Crippen LogP contribution is 2.44. The van der Waals surface area contributed by atoms with Crippen LogP contribution in [0.1, 0.15) is 18.4 Å². The predicted octanol–water partition coefficient (Wildman–Crippen LogP) is 2.17. The molecule has 2 aliphatic heterocycles. The van der Waals surface area contributed by atoms with Crippen LogP contribution in [0.15, 0.2) is 12.1 Å². The van der Waals surface area contributed by atoms with Crippen molar-refractivity contribution in [2.75, 3.05) is 29.6 Å². The minimum absolute atomic E-state index is 0.0173. The smallest absolute Gasteiger partial charge is 0.414 e. The molecule has 0 radical (unpaired) electrons. The van der Waals surface area contributed by atoms with E-state index in [-0.39, 0.29) is 53.8 Å². The number of cyclic esters (lactones) is 1. The highest BCUT2D eigenvalue weighted by Gasteiger charge is 2.43. The van der Waals surface area contributed by atoms with E-state index in [9.17, 15) is 17.6 Å². The number of halogens is 3. The summed E-state index contributed by atoms with van der Waals surface area (Å²) in [6, 6.07) is 2.21. The molecule has 2 aliphatic rings.